The fourth-order valence-corrected chi connectivity index (χ4v) is 3.07. The van der Waals surface area contributed by atoms with Gasteiger partial charge in [-0.3, -0.25) is 19.0 Å². The predicted octanol–water partition coefficient (Wildman–Crippen LogP) is 2.42. The fraction of sp³-hybridized carbons (Fsp3) is 0.227. The third-order valence-corrected chi connectivity index (χ3v) is 4.71. The van der Waals surface area contributed by atoms with E-state index in [0.717, 1.165) is 6.42 Å². The highest BCUT2D eigenvalue weighted by molar-refractivity contribution is 6.38. The number of benzene rings is 1. The Morgan fingerprint density at radius 1 is 1.16 bits per heavy atom. The lowest BCUT2D eigenvalue weighted by atomic mass is 10.0. The van der Waals surface area contributed by atoms with E-state index in [1.807, 2.05) is 6.92 Å². The van der Waals surface area contributed by atoms with Crippen molar-refractivity contribution in [3.05, 3.63) is 66.5 Å². The van der Waals surface area contributed by atoms with Crippen molar-refractivity contribution >= 4 is 17.6 Å². The maximum Gasteiger partial charge on any atom is 0.287 e. The Morgan fingerprint density at radius 3 is 2.58 bits per heavy atom. The number of hydrogen-bond acceptors (Lipinski definition) is 5. The van der Waals surface area contributed by atoms with Crippen molar-refractivity contribution in [1.29, 1.82) is 0 Å². The Labute approximate surface area is 178 Å². The van der Waals surface area contributed by atoms with Gasteiger partial charge in [0.15, 0.2) is 5.82 Å². The summed E-state index contributed by atoms with van der Waals surface area (Å²) in [6.45, 7) is 1.94. The van der Waals surface area contributed by atoms with Crippen LogP contribution in [0.1, 0.15) is 36.5 Å². The third-order valence-electron chi connectivity index (χ3n) is 4.71. The molecule has 31 heavy (non-hydrogen) atoms. The van der Waals surface area contributed by atoms with E-state index in [-0.39, 0.29) is 11.4 Å². The number of ketones is 1. The van der Waals surface area contributed by atoms with Crippen molar-refractivity contribution in [2.24, 2.45) is 5.73 Å². The largest absolute Gasteiger partial charge is 0.363 e. The number of imidazole rings is 1. The molecule has 0 aliphatic heterocycles. The van der Waals surface area contributed by atoms with Gasteiger partial charge in [-0.1, -0.05) is 19.8 Å². The van der Waals surface area contributed by atoms with Gasteiger partial charge in [0.2, 0.25) is 5.78 Å². The fourth-order valence-electron chi connectivity index (χ4n) is 3.07. The molecule has 3 rings (SSSR count). The zero-order chi connectivity index (χ0) is 22.4. The van der Waals surface area contributed by atoms with Crippen molar-refractivity contribution in [3.63, 3.8) is 0 Å². The standard InChI is InChI=1S/C22H22FN5O3/c1-2-3-6-17(19(29)20(24)30)27-22(31)16-5-4-11-25-21(16)28-12-18(26-13-28)14-7-9-15(23)10-8-14/h4-5,7-13,17H,2-3,6H2,1H3,(H2,24,30)(H,27,31). The van der Waals surface area contributed by atoms with Crippen molar-refractivity contribution in [1.82, 2.24) is 19.9 Å². The number of hydrogen-bond donors (Lipinski definition) is 2. The van der Waals surface area contributed by atoms with Gasteiger partial charge < -0.3 is 11.1 Å². The van der Waals surface area contributed by atoms with Gasteiger partial charge >= 0.3 is 0 Å². The summed E-state index contributed by atoms with van der Waals surface area (Å²) >= 11 is 0. The minimum absolute atomic E-state index is 0.198. The number of amides is 2. The summed E-state index contributed by atoms with van der Waals surface area (Å²) in [5.41, 5.74) is 6.60. The van der Waals surface area contributed by atoms with Gasteiger partial charge in [-0.15, -0.1) is 0 Å². The highest BCUT2D eigenvalue weighted by Crippen LogP contribution is 2.20. The van der Waals surface area contributed by atoms with Crippen LogP contribution in [0.2, 0.25) is 0 Å². The number of carbonyl (C=O) groups is 3. The molecule has 0 radical (unpaired) electrons. The number of pyridine rings is 1. The van der Waals surface area contributed by atoms with E-state index < -0.39 is 23.6 Å². The minimum atomic E-state index is -1.09. The van der Waals surface area contributed by atoms with Crippen LogP contribution in [0.25, 0.3) is 17.1 Å². The number of aromatic nitrogens is 3. The van der Waals surface area contributed by atoms with E-state index in [4.69, 9.17) is 5.73 Å². The van der Waals surface area contributed by atoms with Crippen LogP contribution >= 0.6 is 0 Å². The van der Waals surface area contributed by atoms with E-state index in [0.29, 0.717) is 29.9 Å². The monoisotopic (exact) mass is 423 g/mol. The predicted molar refractivity (Wildman–Crippen MR) is 112 cm³/mol. The smallest absolute Gasteiger partial charge is 0.287 e. The summed E-state index contributed by atoms with van der Waals surface area (Å²) in [6, 6.07) is 8.01. The molecule has 160 valence electrons. The summed E-state index contributed by atoms with van der Waals surface area (Å²) in [7, 11) is 0. The van der Waals surface area contributed by atoms with Crippen molar-refractivity contribution in [3.8, 4) is 17.1 Å². The van der Waals surface area contributed by atoms with E-state index in [1.54, 1.807) is 35.0 Å². The topological polar surface area (TPSA) is 120 Å². The normalized spacial score (nSPS) is 11.7. The van der Waals surface area contributed by atoms with Gasteiger partial charge in [-0.2, -0.15) is 0 Å². The molecule has 1 atom stereocenters. The Balaban J connectivity index is 1.87. The molecule has 1 unspecified atom stereocenters. The van der Waals surface area contributed by atoms with Gasteiger partial charge in [0.1, 0.15) is 12.1 Å². The average Bonchev–Trinajstić information content (AvgIpc) is 3.26. The molecule has 2 amide bonds. The van der Waals surface area contributed by atoms with Crippen molar-refractivity contribution in [2.45, 2.75) is 32.2 Å². The number of nitrogens with two attached hydrogens (primary N) is 1. The minimum Gasteiger partial charge on any atom is -0.363 e. The summed E-state index contributed by atoms with van der Waals surface area (Å²) in [5, 5.41) is 2.60. The number of unbranched alkanes of at least 4 members (excludes halogenated alkanes) is 1. The summed E-state index contributed by atoms with van der Waals surface area (Å²) in [4.78, 5) is 44.9. The number of nitrogens with zero attached hydrogens (tertiary/aromatic N) is 3. The first kappa shape index (κ1) is 21.8. The Hall–Kier alpha value is -3.88. The molecule has 0 spiro atoms. The molecule has 0 bridgehead atoms. The second-order valence-electron chi connectivity index (χ2n) is 6.94. The van der Waals surface area contributed by atoms with Crippen LogP contribution in [-0.4, -0.2) is 38.2 Å². The molecule has 0 aliphatic rings. The molecule has 0 fully saturated rings. The van der Waals surface area contributed by atoms with Gasteiger partial charge in [0.25, 0.3) is 11.8 Å². The lowest BCUT2D eigenvalue weighted by molar-refractivity contribution is -0.137. The average molecular weight is 423 g/mol. The van der Waals surface area contributed by atoms with Crippen LogP contribution in [0, 0.1) is 5.82 Å². The van der Waals surface area contributed by atoms with Gasteiger partial charge in [-0.25, -0.2) is 14.4 Å². The van der Waals surface area contributed by atoms with Crippen LogP contribution in [0.3, 0.4) is 0 Å². The van der Waals surface area contributed by atoms with Crippen LogP contribution in [0.4, 0.5) is 4.39 Å². The molecule has 0 aliphatic carbocycles. The lowest BCUT2D eigenvalue weighted by Crippen LogP contribution is -2.46. The molecule has 3 aromatic rings. The quantitative estimate of drug-likeness (QED) is 0.512. The Bertz CT molecular complexity index is 1090. The van der Waals surface area contributed by atoms with E-state index in [9.17, 15) is 18.8 Å². The summed E-state index contributed by atoms with van der Waals surface area (Å²) in [5.74, 6) is -2.55. The first-order valence-corrected chi connectivity index (χ1v) is 9.80. The van der Waals surface area contributed by atoms with Gasteiger partial charge in [0.05, 0.1) is 17.3 Å². The van der Waals surface area contributed by atoms with Gasteiger partial charge in [-0.05, 0) is 42.8 Å². The molecule has 1 aromatic carbocycles. The second-order valence-corrected chi connectivity index (χ2v) is 6.94. The SMILES string of the molecule is CCCCC(NC(=O)c1cccnc1-n1cnc(-c2ccc(F)cc2)c1)C(=O)C(N)=O. The lowest BCUT2D eigenvalue weighted by Gasteiger charge is -2.17. The van der Waals surface area contributed by atoms with E-state index in [1.165, 1.54) is 24.7 Å². The van der Waals surface area contributed by atoms with Crippen LogP contribution in [-0.2, 0) is 9.59 Å². The number of Topliss-reactive ketones (excluding diaryl/α,β-unsaturated/α-hetero) is 1. The van der Waals surface area contributed by atoms with Crippen LogP contribution in [0.5, 0.6) is 0 Å². The molecule has 8 nitrogen and oxygen atoms in total. The second kappa shape index (κ2) is 9.75. The van der Waals surface area contributed by atoms with Crippen molar-refractivity contribution < 1.29 is 18.8 Å². The molecular weight excluding hydrogens is 401 g/mol. The molecule has 9 heteroatoms. The number of carbonyl (C=O) groups excluding carboxylic acids is 3. The maximum absolute atomic E-state index is 13.2. The zero-order valence-corrected chi connectivity index (χ0v) is 16.9. The molecule has 2 aromatic heterocycles. The number of halogens is 1. The molecular formula is C22H22FN5O3. The van der Waals surface area contributed by atoms with Crippen LogP contribution < -0.4 is 11.1 Å². The Kier molecular flexibility index (Phi) is 6.86. The third kappa shape index (κ3) is 5.19. The first-order valence-electron chi connectivity index (χ1n) is 9.80. The van der Waals surface area contributed by atoms with Crippen molar-refractivity contribution in [2.75, 3.05) is 0 Å². The van der Waals surface area contributed by atoms with E-state index in [2.05, 4.69) is 15.3 Å². The molecule has 2 heterocycles. The zero-order valence-electron chi connectivity index (χ0n) is 16.9. The van der Waals surface area contributed by atoms with Crippen LogP contribution in [0.15, 0.2) is 55.1 Å². The molecule has 0 saturated heterocycles. The number of primary amides is 1. The Morgan fingerprint density at radius 2 is 1.90 bits per heavy atom. The first-order chi connectivity index (χ1) is 14.9. The molecule has 3 N–H and O–H groups in total. The summed E-state index contributed by atoms with van der Waals surface area (Å²) < 4.78 is 14.7. The highest BCUT2D eigenvalue weighted by Gasteiger charge is 2.26. The van der Waals surface area contributed by atoms with Gasteiger partial charge in [0, 0.05) is 18.0 Å². The maximum atomic E-state index is 13.2. The summed E-state index contributed by atoms with van der Waals surface area (Å²) in [6.07, 6.45) is 6.41. The number of nitrogens with one attached hydrogen (secondary N) is 1. The van der Waals surface area contributed by atoms with E-state index >= 15 is 0 Å². The molecule has 0 saturated carbocycles. The highest BCUT2D eigenvalue weighted by atomic mass is 19.1. The number of rotatable bonds is 9.